The Bertz CT molecular complexity index is 480. The third-order valence-corrected chi connectivity index (χ3v) is 2.68. The molecule has 1 aromatic heterocycles. The number of amides is 1. The summed E-state index contributed by atoms with van der Waals surface area (Å²) in [5, 5.41) is 11.0. The van der Waals surface area contributed by atoms with Gasteiger partial charge in [-0.3, -0.25) is 9.59 Å². The van der Waals surface area contributed by atoms with E-state index in [2.05, 4.69) is 10.3 Å². The molecule has 0 spiro atoms. The van der Waals surface area contributed by atoms with Crippen LogP contribution in [0, 0.1) is 17.7 Å². The molecule has 0 saturated heterocycles. The first-order chi connectivity index (χ1) is 8.95. The van der Waals surface area contributed by atoms with Gasteiger partial charge < -0.3 is 10.4 Å². The molecule has 0 aromatic carbocycles. The van der Waals surface area contributed by atoms with Crippen molar-refractivity contribution in [3.63, 3.8) is 0 Å². The first-order valence-corrected chi connectivity index (χ1v) is 5.75. The molecule has 5 nitrogen and oxygen atoms in total. The highest BCUT2D eigenvalue weighted by Gasteiger charge is 2.18. The third kappa shape index (κ3) is 4.27. The van der Waals surface area contributed by atoms with Crippen LogP contribution >= 0.6 is 0 Å². The Kier molecular flexibility index (Phi) is 5.35. The van der Waals surface area contributed by atoms with Gasteiger partial charge in [-0.15, -0.1) is 0 Å². The Labute approximate surface area is 108 Å². The number of carboxylic acid groups (broad SMARTS) is 1. The summed E-state index contributed by atoms with van der Waals surface area (Å²) >= 11 is 0. The molecule has 1 amide bonds. The second-order valence-corrected chi connectivity index (χ2v) is 4.05. The molecule has 0 aliphatic rings. The molecule has 1 atom stereocenters. The van der Waals surface area contributed by atoms with Crippen molar-refractivity contribution in [3.8, 4) is 0 Å². The fraction of sp³-hybridized carbons (Fsp3) is 0.417. The minimum atomic E-state index is -1.34. The minimum absolute atomic E-state index is 0.0883. The predicted octanol–water partition coefficient (Wildman–Crippen LogP) is 1.59. The molecule has 104 valence electrons. The summed E-state index contributed by atoms with van der Waals surface area (Å²) in [6.07, 6.45) is 1.45. The van der Waals surface area contributed by atoms with Gasteiger partial charge in [0.2, 0.25) is 5.95 Å². The SMILES string of the molecule is CCC(CNC(=O)c1ccnc(F)c1F)CC(=O)O. The summed E-state index contributed by atoms with van der Waals surface area (Å²) in [7, 11) is 0. The molecule has 0 fully saturated rings. The molecule has 2 N–H and O–H groups in total. The van der Waals surface area contributed by atoms with E-state index in [1.165, 1.54) is 0 Å². The summed E-state index contributed by atoms with van der Waals surface area (Å²) in [4.78, 5) is 25.3. The summed E-state index contributed by atoms with van der Waals surface area (Å²) < 4.78 is 26.1. The lowest BCUT2D eigenvalue weighted by Crippen LogP contribution is -2.31. The number of nitrogens with one attached hydrogen (secondary N) is 1. The number of nitrogens with zero attached hydrogens (tertiary/aromatic N) is 1. The van der Waals surface area contributed by atoms with Crippen LogP contribution in [-0.2, 0) is 4.79 Å². The standard InChI is InChI=1S/C12H14F2N2O3/c1-2-7(5-9(17)18)6-16-12(19)8-3-4-15-11(14)10(8)13/h3-4,7H,2,5-6H2,1H3,(H,16,19)(H,17,18). The average molecular weight is 272 g/mol. The molecule has 1 aromatic rings. The van der Waals surface area contributed by atoms with Gasteiger partial charge in [0.25, 0.3) is 5.91 Å². The van der Waals surface area contributed by atoms with Gasteiger partial charge in [-0.25, -0.2) is 9.37 Å². The van der Waals surface area contributed by atoms with Gasteiger partial charge in [-0.2, -0.15) is 4.39 Å². The maximum Gasteiger partial charge on any atom is 0.303 e. The quantitative estimate of drug-likeness (QED) is 0.771. The summed E-state index contributed by atoms with van der Waals surface area (Å²) in [5.74, 6) is -4.67. The van der Waals surface area contributed by atoms with E-state index in [4.69, 9.17) is 5.11 Å². The van der Waals surface area contributed by atoms with Crippen LogP contribution in [0.4, 0.5) is 8.78 Å². The van der Waals surface area contributed by atoms with E-state index in [0.29, 0.717) is 6.42 Å². The van der Waals surface area contributed by atoms with E-state index in [1.807, 2.05) is 0 Å². The highest BCUT2D eigenvalue weighted by Crippen LogP contribution is 2.10. The number of pyridine rings is 1. The van der Waals surface area contributed by atoms with Gasteiger partial charge in [-0.05, 0) is 12.0 Å². The zero-order valence-electron chi connectivity index (χ0n) is 10.3. The van der Waals surface area contributed by atoms with Gasteiger partial charge in [0.05, 0.1) is 5.56 Å². The molecule has 0 saturated carbocycles. The molecule has 0 aliphatic heterocycles. The third-order valence-electron chi connectivity index (χ3n) is 2.68. The van der Waals surface area contributed by atoms with Crippen molar-refractivity contribution in [2.24, 2.45) is 5.92 Å². The molecular weight excluding hydrogens is 258 g/mol. The van der Waals surface area contributed by atoms with Gasteiger partial charge in [0.1, 0.15) is 0 Å². The van der Waals surface area contributed by atoms with Gasteiger partial charge in [0, 0.05) is 19.2 Å². The van der Waals surface area contributed by atoms with Crippen LogP contribution in [0.15, 0.2) is 12.3 Å². The van der Waals surface area contributed by atoms with Gasteiger partial charge in [-0.1, -0.05) is 13.3 Å². The van der Waals surface area contributed by atoms with E-state index in [0.717, 1.165) is 12.3 Å². The number of carbonyl (C=O) groups is 2. The van der Waals surface area contributed by atoms with Crippen LogP contribution in [0.25, 0.3) is 0 Å². The smallest absolute Gasteiger partial charge is 0.303 e. The van der Waals surface area contributed by atoms with Crippen molar-refractivity contribution in [3.05, 3.63) is 29.6 Å². The largest absolute Gasteiger partial charge is 0.481 e. The van der Waals surface area contributed by atoms with Crippen LogP contribution in [0.3, 0.4) is 0 Å². The second-order valence-electron chi connectivity index (χ2n) is 4.05. The van der Waals surface area contributed by atoms with E-state index >= 15 is 0 Å². The summed E-state index contributed by atoms with van der Waals surface area (Å²) in [6, 6.07) is 1.06. The van der Waals surface area contributed by atoms with Crippen molar-refractivity contribution in [2.45, 2.75) is 19.8 Å². The number of aliphatic carboxylic acids is 1. The molecule has 7 heteroatoms. The van der Waals surface area contributed by atoms with Crippen molar-refractivity contribution in [1.82, 2.24) is 10.3 Å². The fourth-order valence-corrected chi connectivity index (χ4v) is 1.53. The normalized spacial score (nSPS) is 11.9. The topological polar surface area (TPSA) is 79.3 Å². The Morgan fingerprint density at radius 3 is 2.74 bits per heavy atom. The first kappa shape index (κ1) is 15.0. The van der Waals surface area contributed by atoms with Crippen LogP contribution in [0.5, 0.6) is 0 Å². The molecule has 0 aliphatic carbocycles. The Balaban J connectivity index is 2.64. The molecule has 0 radical (unpaired) electrons. The highest BCUT2D eigenvalue weighted by atomic mass is 19.2. The maximum atomic E-state index is 13.3. The average Bonchev–Trinajstić information content (AvgIpc) is 2.37. The molecular formula is C12H14F2N2O3. The highest BCUT2D eigenvalue weighted by molar-refractivity contribution is 5.94. The monoisotopic (exact) mass is 272 g/mol. The lowest BCUT2D eigenvalue weighted by Gasteiger charge is -2.13. The number of hydrogen-bond donors (Lipinski definition) is 2. The minimum Gasteiger partial charge on any atom is -0.481 e. The lowest BCUT2D eigenvalue weighted by atomic mass is 10.0. The Morgan fingerprint density at radius 2 is 2.16 bits per heavy atom. The van der Waals surface area contributed by atoms with Crippen LogP contribution in [0.2, 0.25) is 0 Å². The number of hydrogen-bond acceptors (Lipinski definition) is 3. The van der Waals surface area contributed by atoms with Crippen LogP contribution < -0.4 is 5.32 Å². The first-order valence-electron chi connectivity index (χ1n) is 5.75. The second kappa shape index (κ2) is 6.77. The van der Waals surface area contributed by atoms with E-state index in [1.54, 1.807) is 6.92 Å². The fourth-order valence-electron chi connectivity index (χ4n) is 1.53. The number of halogens is 2. The van der Waals surface area contributed by atoms with Gasteiger partial charge in [0.15, 0.2) is 5.82 Å². The molecule has 19 heavy (non-hydrogen) atoms. The number of carbonyl (C=O) groups excluding carboxylic acids is 1. The maximum absolute atomic E-state index is 13.3. The van der Waals surface area contributed by atoms with Crippen molar-refractivity contribution in [2.75, 3.05) is 6.54 Å². The van der Waals surface area contributed by atoms with Crippen molar-refractivity contribution in [1.29, 1.82) is 0 Å². The Hall–Kier alpha value is -2.05. The van der Waals surface area contributed by atoms with Crippen molar-refractivity contribution >= 4 is 11.9 Å². The number of carboxylic acids is 1. The van der Waals surface area contributed by atoms with Crippen LogP contribution in [0.1, 0.15) is 30.1 Å². The van der Waals surface area contributed by atoms with E-state index in [9.17, 15) is 18.4 Å². The van der Waals surface area contributed by atoms with Crippen molar-refractivity contribution < 1.29 is 23.5 Å². The summed E-state index contributed by atoms with van der Waals surface area (Å²) in [5.41, 5.74) is -0.447. The zero-order chi connectivity index (χ0) is 14.4. The molecule has 1 heterocycles. The zero-order valence-corrected chi connectivity index (χ0v) is 10.3. The predicted molar refractivity (Wildman–Crippen MR) is 62.5 cm³/mol. The molecule has 1 unspecified atom stereocenters. The number of aromatic nitrogens is 1. The molecule has 0 bridgehead atoms. The number of rotatable bonds is 6. The van der Waals surface area contributed by atoms with E-state index < -0.39 is 29.2 Å². The van der Waals surface area contributed by atoms with Crippen LogP contribution in [-0.4, -0.2) is 28.5 Å². The molecule has 1 rings (SSSR count). The van der Waals surface area contributed by atoms with E-state index in [-0.39, 0.29) is 18.9 Å². The lowest BCUT2D eigenvalue weighted by molar-refractivity contribution is -0.138. The Morgan fingerprint density at radius 1 is 1.47 bits per heavy atom. The van der Waals surface area contributed by atoms with Gasteiger partial charge >= 0.3 is 5.97 Å². The summed E-state index contributed by atoms with van der Waals surface area (Å²) in [6.45, 7) is 1.87.